The van der Waals surface area contributed by atoms with E-state index in [2.05, 4.69) is 38.0 Å². The SMILES string of the molecule is Clc1ccc(C2(Cn3ccnc3)OCC(COc3ccc(N4CCN(c5ccccn5)CC4)cc3)O2)c(Cl)c1. The number of rotatable bonds is 8. The van der Waals surface area contributed by atoms with Crippen LogP contribution >= 0.6 is 23.2 Å². The Morgan fingerprint density at radius 3 is 2.49 bits per heavy atom. The molecule has 4 heterocycles. The molecule has 2 saturated heterocycles. The average Bonchev–Trinajstić information content (AvgIpc) is 3.63. The Bertz CT molecular complexity index is 1370. The number of halogens is 2. The first-order valence-corrected chi connectivity index (χ1v) is 13.7. The fraction of sp³-hybridized carbons (Fsp3) is 0.310. The minimum atomic E-state index is -1.07. The molecule has 2 aliphatic heterocycles. The van der Waals surface area contributed by atoms with Gasteiger partial charge in [0.1, 0.15) is 24.3 Å². The predicted octanol–water partition coefficient (Wildman–Crippen LogP) is 5.26. The van der Waals surface area contributed by atoms with Crippen LogP contribution in [0.4, 0.5) is 11.5 Å². The van der Waals surface area contributed by atoms with Crippen molar-refractivity contribution in [1.29, 1.82) is 0 Å². The van der Waals surface area contributed by atoms with Crippen LogP contribution in [0, 0.1) is 0 Å². The van der Waals surface area contributed by atoms with E-state index in [9.17, 15) is 0 Å². The lowest BCUT2D eigenvalue weighted by Crippen LogP contribution is -2.46. The summed E-state index contributed by atoms with van der Waals surface area (Å²) in [4.78, 5) is 13.3. The van der Waals surface area contributed by atoms with Crippen molar-refractivity contribution < 1.29 is 14.2 Å². The van der Waals surface area contributed by atoms with Gasteiger partial charge in [0.05, 0.1) is 24.5 Å². The van der Waals surface area contributed by atoms with Crippen molar-refractivity contribution in [3.63, 3.8) is 0 Å². The summed E-state index contributed by atoms with van der Waals surface area (Å²) in [5, 5.41) is 1.04. The van der Waals surface area contributed by atoms with Crippen molar-refractivity contribution in [1.82, 2.24) is 14.5 Å². The number of hydrogen-bond acceptors (Lipinski definition) is 7. The minimum Gasteiger partial charge on any atom is -0.491 e. The third-order valence-electron chi connectivity index (χ3n) is 7.04. The molecule has 0 N–H and O–H groups in total. The number of anilines is 2. The number of benzene rings is 2. The number of aromatic nitrogens is 3. The Morgan fingerprint density at radius 2 is 1.77 bits per heavy atom. The number of ether oxygens (including phenoxy) is 3. The summed E-state index contributed by atoms with van der Waals surface area (Å²) in [7, 11) is 0. The van der Waals surface area contributed by atoms with Crippen molar-refractivity contribution in [3.05, 3.63) is 101 Å². The number of piperazine rings is 1. The van der Waals surface area contributed by atoms with Gasteiger partial charge in [-0.05, 0) is 48.5 Å². The molecule has 8 nitrogen and oxygen atoms in total. The largest absolute Gasteiger partial charge is 0.491 e. The summed E-state index contributed by atoms with van der Waals surface area (Å²) in [6.45, 7) is 4.87. The zero-order valence-corrected chi connectivity index (χ0v) is 22.8. The van der Waals surface area contributed by atoms with Crippen LogP contribution in [0.25, 0.3) is 0 Å². The Balaban J connectivity index is 1.06. The third-order valence-corrected chi connectivity index (χ3v) is 7.59. The molecule has 39 heavy (non-hydrogen) atoms. The zero-order valence-electron chi connectivity index (χ0n) is 21.3. The molecule has 0 spiro atoms. The van der Waals surface area contributed by atoms with E-state index in [1.54, 1.807) is 24.7 Å². The van der Waals surface area contributed by atoms with Crippen LogP contribution in [-0.2, 0) is 21.8 Å². The highest BCUT2D eigenvalue weighted by Crippen LogP contribution is 2.40. The molecule has 0 saturated carbocycles. The van der Waals surface area contributed by atoms with Crippen LogP contribution in [0.3, 0.4) is 0 Å². The fourth-order valence-corrected chi connectivity index (χ4v) is 5.60. The Hall–Kier alpha value is -3.30. The molecule has 2 aromatic carbocycles. The second-order valence-electron chi connectivity index (χ2n) is 9.63. The van der Waals surface area contributed by atoms with E-state index in [-0.39, 0.29) is 6.10 Å². The van der Waals surface area contributed by atoms with E-state index in [1.165, 1.54) is 5.69 Å². The topological polar surface area (TPSA) is 64.9 Å². The minimum absolute atomic E-state index is 0.278. The van der Waals surface area contributed by atoms with Gasteiger partial charge in [0.15, 0.2) is 0 Å². The molecular formula is C29H29Cl2N5O3. The van der Waals surface area contributed by atoms with Gasteiger partial charge in [-0.1, -0.05) is 35.3 Å². The van der Waals surface area contributed by atoms with Crippen LogP contribution in [0.1, 0.15) is 5.56 Å². The van der Waals surface area contributed by atoms with Crippen LogP contribution in [0.5, 0.6) is 5.75 Å². The summed E-state index contributed by atoms with van der Waals surface area (Å²) in [6.07, 6.45) is 6.87. The van der Waals surface area contributed by atoms with E-state index in [4.69, 9.17) is 37.4 Å². The highest BCUT2D eigenvalue weighted by atomic mass is 35.5. The molecule has 0 bridgehead atoms. The van der Waals surface area contributed by atoms with E-state index < -0.39 is 5.79 Å². The molecule has 2 atom stereocenters. The van der Waals surface area contributed by atoms with E-state index >= 15 is 0 Å². The van der Waals surface area contributed by atoms with Gasteiger partial charge in [-0.15, -0.1) is 0 Å². The lowest BCUT2D eigenvalue weighted by Gasteiger charge is -2.36. The van der Waals surface area contributed by atoms with Crippen molar-refractivity contribution in [2.45, 2.75) is 18.4 Å². The van der Waals surface area contributed by atoms with Gasteiger partial charge in [-0.25, -0.2) is 9.97 Å². The molecule has 2 fully saturated rings. The molecule has 10 heteroatoms. The quantitative estimate of drug-likeness (QED) is 0.288. The van der Waals surface area contributed by atoms with Gasteiger partial charge in [0, 0.05) is 61.0 Å². The first-order chi connectivity index (χ1) is 19.1. The Kier molecular flexibility index (Phi) is 7.61. The Labute approximate surface area is 237 Å². The van der Waals surface area contributed by atoms with E-state index in [0.717, 1.165) is 43.3 Å². The number of nitrogens with zero attached hydrogens (tertiary/aromatic N) is 5. The number of pyridine rings is 1. The van der Waals surface area contributed by atoms with Crippen molar-refractivity contribution in [3.8, 4) is 5.75 Å². The van der Waals surface area contributed by atoms with Gasteiger partial charge in [-0.3, -0.25) is 0 Å². The second kappa shape index (κ2) is 11.4. The summed E-state index contributed by atoms with van der Waals surface area (Å²) in [6, 6.07) is 19.6. The fourth-order valence-electron chi connectivity index (χ4n) is 5.05. The maximum absolute atomic E-state index is 6.57. The monoisotopic (exact) mass is 565 g/mol. The maximum atomic E-state index is 6.57. The molecule has 202 valence electrons. The molecule has 2 unspecified atom stereocenters. The zero-order chi connectivity index (χ0) is 26.7. The standard InChI is InChI=1S/C29H29Cl2N5O3/c30-22-4-9-26(27(31)17-22)29(20-34-12-11-32-21-34)38-19-25(39-29)18-37-24-7-5-23(6-8-24)35-13-15-36(16-14-35)28-3-1-2-10-33-28/h1-12,17,21,25H,13-16,18-20H2. The van der Waals surface area contributed by atoms with Gasteiger partial charge in [-0.2, -0.15) is 0 Å². The molecule has 2 aliphatic rings. The van der Waals surface area contributed by atoms with E-state index in [0.29, 0.717) is 29.8 Å². The van der Waals surface area contributed by atoms with Gasteiger partial charge in [0.2, 0.25) is 5.79 Å². The van der Waals surface area contributed by atoms with Gasteiger partial charge >= 0.3 is 0 Å². The van der Waals surface area contributed by atoms with Crippen molar-refractivity contribution in [2.24, 2.45) is 0 Å². The van der Waals surface area contributed by atoms with Crippen LogP contribution < -0.4 is 14.5 Å². The van der Waals surface area contributed by atoms with Crippen LogP contribution in [-0.4, -0.2) is 60.0 Å². The lowest BCUT2D eigenvalue weighted by atomic mass is 10.1. The molecule has 4 aromatic rings. The molecule has 6 rings (SSSR count). The summed E-state index contributed by atoms with van der Waals surface area (Å²) >= 11 is 12.7. The van der Waals surface area contributed by atoms with Gasteiger partial charge < -0.3 is 28.6 Å². The first kappa shape index (κ1) is 26.0. The second-order valence-corrected chi connectivity index (χ2v) is 10.5. The normalized spacial score (nSPS) is 21.3. The Morgan fingerprint density at radius 1 is 0.949 bits per heavy atom. The molecular weight excluding hydrogens is 537 g/mol. The summed E-state index contributed by atoms with van der Waals surface area (Å²) < 4.78 is 20.8. The van der Waals surface area contributed by atoms with E-state index in [1.807, 2.05) is 47.3 Å². The molecule has 0 aliphatic carbocycles. The lowest BCUT2D eigenvalue weighted by molar-refractivity contribution is -0.189. The molecule has 0 amide bonds. The molecule has 0 radical (unpaired) electrons. The highest BCUT2D eigenvalue weighted by molar-refractivity contribution is 6.35. The highest BCUT2D eigenvalue weighted by Gasteiger charge is 2.45. The smallest absolute Gasteiger partial charge is 0.215 e. The third kappa shape index (κ3) is 5.84. The van der Waals surface area contributed by atoms with Crippen molar-refractivity contribution in [2.75, 3.05) is 49.2 Å². The molecule has 2 aromatic heterocycles. The van der Waals surface area contributed by atoms with Crippen LogP contribution in [0.15, 0.2) is 85.6 Å². The van der Waals surface area contributed by atoms with Crippen LogP contribution in [0.2, 0.25) is 10.0 Å². The summed E-state index contributed by atoms with van der Waals surface area (Å²) in [5.74, 6) is 0.745. The first-order valence-electron chi connectivity index (χ1n) is 12.9. The van der Waals surface area contributed by atoms with Gasteiger partial charge in [0.25, 0.3) is 0 Å². The number of hydrogen-bond donors (Lipinski definition) is 0. The van der Waals surface area contributed by atoms with Crippen molar-refractivity contribution >= 4 is 34.7 Å². The number of imidazole rings is 1. The maximum Gasteiger partial charge on any atom is 0.215 e. The average molecular weight is 566 g/mol. The summed E-state index contributed by atoms with van der Waals surface area (Å²) in [5.41, 5.74) is 1.90. The predicted molar refractivity (Wildman–Crippen MR) is 152 cm³/mol.